The second-order valence-electron chi connectivity index (χ2n) is 9.18. The number of fused-ring (bicyclic) bond motifs is 1. The normalized spacial score (nSPS) is 12.4. The molecule has 20 heteroatoms. The highest BCUT2D eigenvalue weighted by Gasteiger charge is 2.20. The van der Waals surface area contributed by atoms with Crippen LogP contribution in [0.3, 0.4) is 0 Å². The summed E-state index contributed by atoms with van der Waals surface area (Å²) in [5.41, 5.74) is -1.33. The average Bonchev–Trinajstić information content (AvgIpc) is 2.90. The van der Waals surface area contributed by atoms with Gasteiger partial charge in [-0.3, -0.25) is 18.5 Å². The summed E-state index contributed by atoms with van der Waals surface area (Å²) in [7, 11) is -14.3. The van der Waals surface area contributed by atoms with E-state index >= 15 is 0 Å². The number of rotatable bonds is 9. The van der Waals surface area contributed by atoms with Gasteiger partial charge in [0.15, 0.2) is 5.75 Å². The summed E-state index contributed by atoms with van der Waals surface area (Å²) in [4.78, 5) is 13.7. The van der Waals surface area contributed by atoms with E-state index in [9.17, 15) is 59.0 Å². The second-order valence-corrected chi connectivity index (χ2v) is 13.4. The standard InChI is InChI=1S/C25H22N4O13S3/c1-12(30)28-20-9-16(45(40,41)42)8-19(25(20)33)26-11-27-24-17(29-18-7-14(43(34,35)36)3-5-21(18)31)4-2-13-6-15(44(37,38)39)10-22(32)23(13)24/h2-11,29,31-33H,1H3,(H,26,27)(H,28,30)(H,34,35,36)(H,37,38,39)(H,40,41,42). The number of benzene rings is 4. The first-order valence-electron chi connectivity index (χ1n) is 12.0. The number of nitrogens with zero attached hydrogens (tertiary/aromatic N) is 1. The van der Waals surface area contributed by atoms with Gasteiger partial charge in [0.2, 0.25) is 5.91 Å². The van der Waals surface area contributed by atoms with Gasteiger partial charge in [-0.05, 0) is 47.9 Å². The number of anilines is 4. The fraction of sp³-hybridized carbons (Fsp3) is 0.0400. The number of phenolic OH excluding ortho intramolecular Hbond substituents is 3. The van der Waals surface area contributed by atoms with E-state index in [1.165, 1.54) is 12.1 Å². The van der Waals surface area contributed by atoms with E-state index in [1.54, 1.807) is 0 Å². The highest BCUT2D eigenvalue weighted by atomic mass is 32.2. The molecule has 45 heavy (non-hydrogen) atoms. The van der Waals surface area contributed by atoms with Gasteiger partial charge < -0.3 is 31.3 Å². The third-order valence-corrected chi connectivity index (χ3v) is 8.49. The number of aliphatic imine (C=N–C) groups is 1. The number of amides is 1. The van der Waals surface area contributed by atoms with E-state index in [1.807, 2.05) is 0 Å². The zero-order valence-electron chi connectivity index (χ0n) is 22.5. The number of nitrogens with one attached hydrogen (secondary N) is 3. The third-order valence-electron chi connectivity index (χ3n) is 5.98. The highest BCUT2D eigenvalue weighted by Crippen LogP contribution is 2.43. The van der Waals surface area contributed by atoms with Crippen molar-refractivity contribution < 1.29 is 59.0 Å². The first-order valence-corrected chi connectivity index (χ1v) is 16.3. The Balaban J connectivity index is 1.90. The van der Waals surface area contributed by atoms with Crippen LogP contribution in [-0.2, 0) is 35.1 Å². The Kier molecular flexibility index (Phi) is 8.66. The van der Waals surface area contributed by atoms with Gasteiger partial charge in [-0.25, -0.2) is 4.99 Å². The van der Waals surface area contributed by atoms with Crippen LogP contribution in [0.25, 0.3) is 10.8 Å². The zero-order chi connectivity index (χ0) is 33.5. The van der Waals surface area contributed by atoms with Crippen molar-refractivity contribution in [3.8, 4) is 17.2 Å². The summed E-state index contributed by atoms with van der Waals surface area (Å²) in [6.45, 7) is 1.08. The fourth-order valence-corrected chi connectivity index (χ4v) is 5.60. The molecule has 0 unspecified atom stereocenters. The number of carbonyl (C=O) groups is 1. The molecular weight excluding hydrogens is 660 g/mol. The van der Waals surface area contributed by atoms with E-state index in [4.69, 9.17) is 0 Å². The largest absolute Gasteiger partial charge is 0.507 e. The molecule has 9 N–H and O–H groups in total. The molecule has 0 aromatic heterocycles. The van der Waals surface area contributed by atoms with Gasteiger partial charge in [-0.1, -0.05) is 6.07 Å². The molecular formula is C25H22N4O13S3. The molecule has 1 amide bonds. The smallest absolute Gasteiger partial charge is 0.294 e. The predicted octanol–water partition coefficient (Wildman–Crippen LogP) is 3.17. The minimum Gasteiger partial charge on any atom is -0.507 e. The molecule has 0 atom stereocenters. The molecule has 238 valence electrons. The Morgan fingerprint density at radius 3 is 1.87 bits per heavy atom. The molecule has 0 aliphatic heterocycles. The molecule has 0 fully saturated rings. The van der Waals surface area contributed by atoms with Crippen LogP contribution < -0.4 is 16.0 Å². The Labute approximate surface area is 254 Å². The molecule has 0 radical (unpaired) electrons. The molecule has 17 nitrogen and oxygen atoms in total. The van der Waals surface area contributed by atoms with Crippen LogP contribution in [0.15, 0.2) is 74.3 Å². The van der Waals surface area contributed by atoms with Crippen molar-refractivity contribution in [3.63, 3.8) is 0 Å². The maximum atomic E-state index is 11.8. The van der Waals surface area contributed by atoms with Crippen molar-refractivity contribution in [3.05, 3.63) is 54.6 Å². The van der Waals surface area contributed by atoms with Crippen LogP contribution in [0.5, 0.6) is 17.2 Å². The third kappa shape index (κ3) is 7.39. The van der Waals surface area contributed by atoms with Gasteiger partial charge in [0, 0.05) is 13.0 Å². The van der Waals surface area contributed by atoms with E-state index < -0.39 is 73.9 Å². The molecule has 4 aromatic rings. The minimum atomic E-state index is -4.83. The number of hydrogen-bond donors (Lipinski definition) is 9. The lowest BCUT2D eigenvalue weighted by Gasteiger charge is -2.15. The molecule has 0 saturated carbocycles. The monoisotopic (exact) mass is 682 g/mol. The van der Waals surface area contributed by atoms with Gasteiger partial charge in [0.1, 0.15) is 11.5 Å². The van der Waals surface area contributed by atoms with Gasteiger partial charge in [0.25, 0.3) is 30.4 Å². The van der Waals surface area contributed by atoms with Gasteiger partial charge >= 0.3 is 0 Å². The molecule has 4 aromatic carbocycles. The maximum absolute atomic E-state index is 11.8. The van der Waals surface area contributed by atoms with Crippen molar-refractivity contribution in [1.29, 1.82) is 0 Å². The lowest BCUT2D eigenvalue weighted by molar-refractivity contribution is -0.114. The molecule has 0 aliphatic carbocycles. The summed E-state index contributed by atoms with van der Waals surface area (Å²) < 4.78 is 98.6. The second kappa shape index (κ2) is 11.8. The Hall–Kier alpha value is -4.99. The van der Waals surface area contributed by atoms with E-state index in [2.05, 4.69) is 20.9 Å². The van der Waals surface area contributed by atoms with E-state index in [0.717, 1.165) is 49.7 Å². The first-order chi connectivity index (χ1) is 20.8. The molecule has 4 rings (SSSR count). The van der Waals surface area contributed by atoms with Crippen molar-refractivity contribution in [1.82, 2.24) is 0 Å². The topological polar surface area (TPSA) is 289 Å². The van der Waals surface area contributed by atoms with Crippen LogP contribution in [-0.4, -0.2) is 66.5 Å². The molecule has 0 bridgehead atoms. The van der Waals surface area contributed by atoms with Crippen molar-refractivity contribution in [2.75, 3.05) is 16.0 Å². The first kappa shape index (κ1) is 32.9. The molecule has 0 heterocycles. The van der Waals surface area contributed by atoms with Crippen LogP contribution in [0, 0.1) is 0 Å². The van der Waals surface area contributed by atoms with Gasteiger partial charge in [-0.15, -0.1) is 0 Å². The lowest BCUT2D eigenvalue weighted by Crippen LogP contribution is -2.09. The maximum Gasteiger partial charge on any atom is 0.294 e. The van der Waals surface area contributed by atoms with Crippen LogP contribution in [0.1, 0.15) is 6.92 Å². The summed E-state index contributed by atoms with van der Waals surface area (Å²) >= 11 is 0. The number of aromatic hydroxyl groups is 3. The minimum absolute atomic E-state index is 0.0143. The van der Waals surface area contributed by atoms with E-state index in [-0.39, 0.29) is 33.5 Å². The summed E-state index contributed by atoms with van der Waals surface area (Å²) in [5, 5.41) is 38.9. The number of hydrogen-bond acceptors (Lipinski definition) is 12. The fourth-order valence-electron chi connectivity index (χ4n) is 4.02. The van der Waals surface area contributed by atoms with Gasteiger partial charge in [-0.2, -0.15) is 25.3 Å². The molecule has 0 saturated heterocycles. The quantitative estimate of drug-likeness (QED) is 0.0530. The summed E-state index contributed by atoms with van der Waals surface area (Å²) in [6, 6.07) is 8.62. The number of phenols is 3. The Bertz CT molecular complexity index is 2240. The van der Waals surface area contributed by atoms with Crippen LogP contribution in [0.4, 0.5) is 28.4 Å². The predicted molar refractivity (Wildman–Crippen MR) is 161 cm³/mol. The van der Waals surface area contributed by atoms with Crippen LogP contribution >= 0.6 is 0 Å². The summed E-state index contributed by atoms with van der Waals surface area (Å²) in [5.74, 6) is -2.56. The van der Waals surface area contributed by atoms with Crippen molar-refractivity contribution in [2.45, 2.75) is 21.6 Å². The average molecular weight is 683 g/mol. The molecule has 0 aliphatic rings. The van der Waals surface area contributed by atoms with Crippen LogP contribution in [0.2, 0.25) is 0 Å². The van der Waals surface area contributed by atoms with Gasteiger partial charge in [0.05, 0.1) is 54.8 Å². The van der Waals surface area contributed by atoms with Crippen molar-refractivity contribution >= 4 is 81.8 Å². The Morgan fingerprint density at radius 1 is 0.689 bits per heavy atom. The number of carbonyl (C=O) groups excluding carboxylic acids is 1. The van der Waals surface area contributed by atoms with E-state index in [0.29, 0.717) is 6.07 Å². The Morgan fingerprint density at radius 2 is 1.27 bits per heavy atom. The highest BCUT2D eigenvalue weighted by molar-refractivity contribution is 7.86. The molecule has 0 spiro atoms. The zero-order valence-corrected chi connectivity index (χ0v) is 24.9. The summed E-state index contributed by atoms with van der Waals surface area (Å²) in [6.07, 6.45) is 0.866. The van der Waals surface area contributed by atoms with Crippen molar-refractivity contribution in [2.24, 2.45) is 4.99 Å². The SMILES string of the molecule is CC(=O)Nc1cc(S(=O)(=O)O)cc(NC=Nc2c(Nc3cc(S(=O)(=O)O)ccc3O)ccc3cc(S(=O)(=O)O)cc(O)c23)c1O. The lowest BCUT2D eigenvalue weighted by atomic mass is 10.1.